The average Bonchev–Trinajstić information content (AvgIpc) is 2.39. The smallest absolute Gasteiger partial charge is 0.249 e. The summed E-state index contributed by atoms with van der Waals surface area (Å²) >= 11 is 0. The van der Waals surface area contributed by atoms with E-state index in [1.807, 2.05) is 0 Å². The molecule has 92 valence electrons. The van der Waals surface area contributed by atoms with Gasteiger partial charge in [0.25, 0.3) is 0 Å². The summed E-state index contributed by atoms with van der Waals surface area (Å²) in [6, 6.07) is 0. The molecule has 0 saturated carbocycles. The summed E-state index contributed by atoms with van der Waals surface area (Å²) in [6.07, 6.45) is 5.07. The maximum Gasteiger partial charge on any atom is 0.249 e. The van der Waals surface area contributed by atoms with E-state index in [1.54, 1.807) is 5.06 Å². The van der Waals surface area contributed by atoms with Gasteiger partial charge in [0.15, 0.2) is 0 Å². The lowest BCUT2D eigenvalue weighted by atomic mass is 9.93. The fourth-order valence-corrected chi connectivity index (χ4v) is 2.36. The molecule has 4 nitrogen and oxygen atoms in total. The van der Waals surface area contributed by atoms with E-state index < -0.39 is 0 Å². The van der Waals surface area contributed by atoms with Gasteiger partial charge in [0, 0.05) is 19.1 Å². The number of hydrogen-bond acceptors (Lipinski definition) is 3. The number of hydrogen-bond donors (Lipinski definition) is 0. The van der Waals surface area contributed by atoms with Crippen molar-refractivity contribution in [3.05, 3.63) is 0 Å². The fraction of sp³-hybridized carbons (Fsp3) is 0.917. The Morgan fingerprint density at radius 1 is 1.38 bits per heavy atom. The second-order valence-electron chi connectivity index (χ2n) is 4.60. The SMILES string of the molecule is CC[C@H]1C[C@@H](C(=O)N2CCCCO2)CCO1. The highest BCUT2D eigenvalue weighted by atomic mass is 16.7. The number of rotatable bonds is 2. The van der Waals surface area contributed by atoms with Gasteiger partial charge in [0.05, 0.1) is 12.7 Å². The summed E-state index contributed by atoms with van der Waals surface area (Å²) in [5.74, 6) is 0.276. The number of nitrogens with zero attached hydrogens (tertiary/aromatic N) is 1. The first-order valence-corrected chi connectivity index (χ1v) is 6.37. The van der Waals surface area contributed by atoms with Crippen LogP contribution in [0, 0.1) is 5.92 Å². The molecule has 0 bridgehead atoms. The van der Waals surface area contributed by atoms with Gasteiger partial charge in [-0.1, -0.05) is 6.92 Å². The van der Waals surface area contributed by atoms with Crippen molar-refractivity contribution in [3.8, 4) is 0 Å². The quantitative estimate of drug-likeness (QED) is 0.721. The van der Waals surface area contributed by atoms with Crippen LogP contribution in [-0.2, 0) is 14.4 Å². The Balaban J connectivity index is 1.87. The zero-order chi connectivity index (χ0) is 11.4. The Labute approximate surface area is 96.8 Å². The second kappa shape index (κ2) is 5.64. The zero-order valence-corrected chi connectivity index (χ0v) is 9.98. The van der Waals surface area contributed by atoms with Gasteiger partial charge < -0.3 is 4.74 Å². The highest BCUT2D eigenvalue weighted by Gasteiger charge is 2.31. The molecule has 0 radical (unpaired) electrons. The fourth-order valence-electron chi connectivity index (χ4n) is 2.36. The molecular weight excluding hydrogens is 206 g/mol. The molecule has 0 aliphatic carbocycles. The molecule has 2 atom stereocenters. The van der Waals surface area contributed by atoms with Crippen LogP contribution in [0.15, 0.2) is 0 Å². The van der Waals surface area contributed by atoms with Gasteiger partial charge in [-0.15, -0.1) is 0 Å². The number of ether oxygens (including phenoxy) is 1. The number of carbonyl (C=O) groups is 1. The molecule has 2 aliphatic heterocycles. The normalized spacial score (nSPS) is 31.4. The molecule has 2 rings (SSSR count). The van der Waals surface area contributed by atoms with Gasteiger partial charge in [0.2, 0.25) is 5.91 Å². The summed E-state index contributed by atoms with van der Waals surface area (Å²) in [5, 5.41) is 1.58. The molecular formula is C12H21NO3. The number of carbonyl (C=O) groups excluding carboxylic acids is 1. The van der Waals surface area contributed by atoms with E-state index in [2.05, 4.69) is 6.92 Å². The zero-order valence-electron chi connectivity index (χ0n) is 9.98. The summed E-state index contributed by atoms with van der Waals surface area (Å²) in [5.41, 5.74) is 0. The molecule has 2 fully saturated rings. The molecule has 0 aromatic heterocycles. The number of hydroxylamine groups is 2. The molecule has 0 spiro atoms. The van der Waals surface area contributed by atoms with Crippen molar-refractivity contribution in [2.45, 2.75) is 45.1 Å². The van der Waals surface area contributed by atoms with E-state index in [0.29, 0.717) is 13.2 Å². The lowest BCUT2D eigenvalue weighted by molar-refractivity contribution is -0.204. The van der Waals surface area contributed by atoms with Crippen LogP contribution in [0.3, 0.4) is 0 Å². The minimum atomic E-state index is 0.108. The van der Waals surface area contributed by atoms with Crippen molar-refractivity contribution < 1.29 is 14.4 Å². The van der Waals surface area contributed by atoms with Gasteiger partial charge in [-0.2, -0.15) is 0 Å². The Hall–Kier alpha value is -0.610. The topological polar surface area (TPSA) is 38.8 Å². The molecule has 0 N–H and O–H groups in total. The van der Waals surface area contributed by atoms with Crippen molar-refractivity contribution in [2.75, 3.05) is 19.8 Å². The first kappa shape index (κ1) is 11.9. The Morgan fingerprint density at radius 2 is 2.25 bits per heavy atom. The van der Waals surface area contributed by atoms with Crippen LogP contribution in [0.4, 0.5) is 0 Å². The maximum absolute atomic E-state index is 12.2. The summed E-state index contributed by atoms with van der Waals surface area (Å²) < 4.78 is 5.58. The molecule has 2 heterocycles. The van der Waals surface area contributed by atoms with Crippen LogP contribution in [0.2, 0.25) is 0 Å². The lowest BCUT2D eigenvalue weighted by Crippen LogP contribution is -2.42. The van der Waals surface area contributed by atoms with Crippen LogP contribution in [0.1, 0.15) is 39.0 Å². The third kappa shape index (κ3) is 2.74. The maximum atomic E-state index is 12.2. The van der Waals surface area contributed by atoms with Gasteiger partial charge in [-0.05, 0) is 32.1 Å². The van der Waals surface area contributed by atoms with Crippen LogP contribution in [0.25, 0.3) is 0 Å². The van der Waals surface area contributed by atoms with Crippen molar-refractivity contribution in [2.24, 2.45) is 5.92 Å². The molecule has 2 aliphatic rings. The van der Waals surface area contributed by atoms with Crippen molar-refractivity contribution >= 4 is 5.91 Å². The third-order valence-electron chi connectivity index (χ3n) is 3.42. The van der Waals surface area contributed by atoms with Crippen molar-refractivity contribution in [1.29, 1.82) is 0 Å². The van der Waals surface area contributed by atoms with Crippen LogP contribution in [0.5, 0.6) is 0 Å². The van der Waals surface area contributed by atoms with Crippen molar-refractivity contribution in [3.63, 3.8) is 0 Å². The minimum absolute atomic E-state index is 0.108. The highest BCUT2D eigenvalue weighted by molar-refractivity contribution is 5.78. The average molecular weight is 227 g/mol. The first-order chi connectivity index (χ1) is 7.81. The molecule has 0 aromatic carbocycles. The predicted molar refractivity (Wildman–Crippen MR) is 59.7 cm³/mol. The Morgan fingerprint density at radius 3 is 2.94 bits per heavy atom. The van der Waals surface area contributed by atoms with E-state index in [0.717, 1.165) is 38.6 Å². The first-order valence-electron chi connectivity index (χ1n) is 6.37. The third-order valence-corrected chi connectivity index (χ3v) is 3.42. The highest BCUT2D eigenvalue weighted by Crippen LogP contribution is 2.25. The Bertz CT molecular complexity index is 238. The molecule has 16 heavy (non-hydrogen) atoms. The number of amides is 1. The van der Waals surface area contributed by atoms with E-state index in [9.17, 15) is 4.79 Å². The summed E-state index contributed by atoms with van der Waals surface area (Å²) in [7, 11) is 0. The minimum Gasteiger partial charge on any atom is -0.378 e. The lowest BCUT2D eigenvalue weighted by Gasteiger charge is -2.33. The van der Waals surface area contributed by atoms with Gasteiger partial charge >= 0.3 is 0 Å². The molecule has 1 amide bonds. The van der Waals surface area contributed by atoms with Crippen LogP contribution < -0.4 is 0 Å². The van der Waals surface area contributed by atoms with E-state index in [1.165, 1.54) is 0 Å². The second-order valence-corrected chi connectivity index (χ2v) is 4.60. The molecule has 0 unspecified atom stereocenters. The van der Waals surface area contributed by atoms with E-state index >= 15 is 0 Å². The monoisotopic (exact) mass is 227 g/mol. The molecule has 4 heteroatoms. The predicted octanol–water partition coefficient (Wildman–Crippen LogP) is 1.75. The van der Waals surface area contributed by atoms with Crippen LogP contribution in [-0.4, -0.2) is 36.8 Å². The van der Waals surface area contributed by atoms with E-state index in [4.69, 9.17) is 9.57 Å². The Kier molecular flexibility index (Phi) is 4.18. The largest absolute Gasteiger partial charge is 0.378 e. The van der Waals surface area contributed by atoms with Crippen LogP contribution >= 0.6 is 0 Å². The van der Waals surface area contributed by atoms with Gasteiger partial charge in [-0.25, -0.2) is 5.06 Å². The van der Waals surface area contributed by atoms with Crippen molar-refractivity contribution in [1.82, 2.24) is 5.06 Å². The molecule has 0 aromatic rings. The molecule has 2 saturated heterocycles. The summed E-state index contributed by atoms with van der Waals surface area (Å²) in [6.45, 7) is 4.26. The summed E-state index contributed by atoms with van der Waals surface area (Å²) in [4.78, 5) is 17.6. The van der Waals surface area contributed by atoms with Gasteiger partial charge in [0.1, 0.15) is 0 Å². The van der Waals surface area contributed by atoms with Gasteiger partial charge in [-0.3, -0.25) is 9.63 Å². The van der Waals surface area contributed by atoms with E-state index in [-0.39, 0.29) is 17.9 Å². The standard InChI is InChI=1S/C12H21NO3/c1-2-11-9-10(5-8-15-11)12(14)13-6-3-4-7-16-13/h10-11H,2-9H2,1H3/t10-,11-/m0/s1.